The summed E-state index contributed by atoms with van der Waals surface area (Å²) < 4.78 is 2.10. The van der Waals surface area contributed by atoms with Crippen molar-refractivity contribution in [1.82, 2.24) is 14.9 Å². The number of rotatable bonds is 6. The molecule has 0 aliphatic carbocycles. The summed E-state index contributed by atoms with van der Waals surface area (Å²) in [7, 11) is 0. The summed E-state index contributed by atoms with van der Waals surface area (Å²) in [5.74, 6) is 1.03. The lowest BCUT2D eigenvalue weighted by molar-refractivity contribution is 0.169. The maximum absolute atomic E-state index is 9.22. The molecule has 0 spiro atoms. The van der Waals surface area contributed by atoms with Gasteiger partial charge in [0, 0.05) is 31.0 Å². The summed E-state index contributed by atoms with van der Waals surface area (Å²) in [5.41, 5.74) is -0.158. The Morgan fingerprint density at radius 2 is 2.33 bits per heavy atom. The van der Waals surface area contributed by atoms with E-state index in [-0.39, 0.29) is 12.1 Å². The van der Waals surface area contributed by atoms with Gasteiger partial charge in [0.15, 0.2) is 0 Å². The lowest BCUT2D eigenvalue weighted by Crippen LogP contribution is -2.46. The smallest absolute Gasteiger partial charge is 0.105 e. The molecule has 0 amide bonds. The van der Waals surface area contributed by atoms with Gasteiger partial charge in [-0.05, 0) is 20.3 Å². The van der Waals surface area contributed by atoms with Crippen LogP contribution in [0.1, 0.15) is 26.1 Å². The Balaban J connectivity index is 2.36. The molecule has 1 heterocycles. The van der Waals surface area contributed by atoms with Gasteiger partial charge < -0.3 is 15.0 Å². The van der Waals surface area contributed by atoms with Gasteiger partial charge in [-0.3, -0.25) is 0 Å². The van der Waals surface area contributed by atoms with Crippen molar-refractivity contribution in [2.45, 2.75) is 39.3 Å². The maximum Gasteiger partial charge on any atom is 0.105 e. The highest BCUT2D eigenvalue weighted by molar-refractivity contribution is 4.89. The average Bonchev–Trinajstić information content (AvgIpc) is 2.64. The minimum absolute atomic E-state index is 0.158. The standard InChI is InChI=1S/C11H21N3O/c1-4-11(3,9-15)13-6-8-14-7-5-12-10(14)2/h5,7,13,15H,4,6,8-9H2,1-3H3. The highest BCUT2D eigenvalue weighted by Gasteiger charge is 2.19. The molecule has 0 saturated carbocycles. The predicted molar refractivity (Wildman–Crippen MR) is 60.7 cm³/mol. The van der Waals surface area contributed by atoms with Crippen molar-refractivity contribution in [2.75, 3.05) is 13.2 Å². The van der Waals surface area contributed by atoms with E-state index in [1.807, 2.05) is 20.0 Å². The van der Waals surface area contributed by atoms with Crippen molar-refractivity contribution in [3.8, 4) is 0 Å². The van der Waals surface area contributed by atoms with Crippen LogP contribution in [0.3, 0.4) is 0 Å². The molecule has 0 aromatic carbocycles. The Hall–Kier alpha value is -0.870. The van der Waals surface area contributed by atoms with E-state index in [1.54, 1.807) is 6.20 Å². The fourth-order valence-electron chi connectivity index (χ4n) is 1.41. The fourth-order valence-corrected chi connectivity index (χ4v) is 1.41. The van der Waals surface area contributed by atoms with Gasteiger partial charge in [-0.2, -0.15) is 0 Å². The molecule has 1 rings (SSSR count). The third kappa shape index (κ3) is 3.32. The predicted octanol–water partition coefficient (Wildman–Crippen LogP) is 0.942. The molecular formula is C11H21N3O. The van der Waals surface area contributed by atoms with E-state index < -0.39 is 0 Å². The van der Waals surface area contributed by atoms with Gasteiger partial charge >= 0.3 is 0 Å². The number of imidazole rings is 1. The molecule has 0 radical (unpaired) electrons. The van der Waals surface area contributed by atoms with Crippen LogP contribution in [-0.2, 0) is 6.54 Å². The van der Waals surface area contributed by atoms with E-state index in [4.69, 9.17) is 0 Å². The van der Waals surface area contributed by atoms with Crippen LogP contribution in [0.25, 0.3) is 0 Å². The molecule has 86 valence electrons. The first kappa shape index (κ1) is 12.2. The maximum atomic E-state index is 9.22. The summed E-state index contributed by atoms with van der Waals surface area (Å²) in [4.78, 5) is 4.16. The molecule has 2 N–H and O–H groups in total. The third-order valence-electron chi connectivity index (χ3n) is 2.96. The number of nitrogens with zero attached hydrogens (tertiary/aromatic N) is 2. The van der Waals surface area contributed by atoms with Crippen molar-refractivity contribution in [1.29, 1.82) is 0 Å². The Kier molecular flexibility index (Phi) is 4.29. The van der Waals surface area contributed by atoms with E-state index in [9.17, 15) is 5.11 Å². The van der Waals surface area contributed by atoms with Crippen LogP contribution in [0, 0.1) is 6.92 Å². The van der Waals surface area contributed by atoms with Crippen molar-refractivity contribution in [3.05, 3.63) is 18.2 Å². The minimum Gasteiger partial charge on any atom is -0.394 e. The van der Waals surface area contributed by atoms with Crippen molar-refractivity contribution in [3.63, 3.8) is 0 Å². The molecular weight excluding hydrogens is 190 g/mol. The second-order valence-electron chi connectivity index (χ2n) is 4.17. The second kappa shape index (κ2) is 5.28. The van der Waals surface area contributed by atoms with E-state index >= 15 is 0 Å². The molecule has 4 nitrogen and oxygen atoms in total. The Bertz CT molecular complexity index is 292. The molecule has 0 fully saturated rings. The normalized spacial score (nSPS) is 15.2. The number of aromatic nitrogens is 2. The van der Waals surface area contributed by atoms with Crippen molar-refractivity contribution in [2.24, 2.45) is 0 Å². The third-order valence-corrected chi connectivity index (χ3v) is 2.96. The highest BCUT2D eigenvalue weighted by Crippen LogP contribution is 2.07. The van der Waals surface area contributed by atoms with Gasteiger partial charge in [0.05, 0.1) is 6.61 Å². The fraction of sp³-hybridized carbons (Fsp3) is 0.727. The number of hydrogen-bond acceptors (Lipinski definition) is 3. The van der Waals surface area contributed by atoms with Gasteiger partial charge in [-0.15, -0.1) is 0 Å². The van der Waals surface area contributed by atoms with Gasteiger partial charge in [0.25, 0.3) is 0 Å². The first-order valence-electron chi connectivity index (χ1n) is 5.45. The molecule has 4 heteroatoms. The molecule has 15 heavy (non-hydrogen) atoms. The van der Waals surface area contributed by atoms with Gasteiger partial charge in [0.2, 0.25) is 0 Å². The van der Waals surface area contributed by atoms with Crippen LogP contribution in [0.5, 0.6) is 0 Å². The Morgan fingerprint density at radius 3 is 2.80 bits per heavy atom. The first-order valence-corrected chi connectivity index (χ1v) is 5.45. The number of aliphatic hydroxyl groups is 1. The molecule has 0 saturated heterocycles. The van der Waals surface area contributed by atoms with Crippen LogP contribution in [0.4, 0.5) is 0 Å². The summed E-state index contributed by atoms with van der Waals surface area (Å²) in [6.45, 7) is 8.01. The van der Waals surface area contributed by atoms with Gasteiger partial charge in [0.1, 0.15) is 5.82 Å². The summed E-state index contributed by atoms with van der Waals surface area (Å²) in [6.07, 6.45) is 4.70. The van der Waals surface area contributed by atoms with Crippen LogP contribution < -0.4 is 5.32 Å². The molecule has 1 unspecified atom stereocenters. The SMILES string of the molecule is CCC(C)(CO)NCCn1ccnc1C. The summed E-state index contributed by atoms with van der Waals surface area (Å²) in [6, 6.07) is 0. The number of hydrogen-bond donors (Lipinski definition) is 2. The topological polar surface area (TPSA) is 50.1 Å². The largest absolute Gasteiger partial charge is 0.394 e. The summed E-state index contributed by atoms with van der Waals surface area (Å²) >= 11 is 0. The highest BCUT2D eigenvalue weighted by atomic mass is 16.3. The zero-order valence-corrected chi connectivity index (χ0v) is 9.82. The zero-order chi connectivity index (χ0) is 11.3. The Morgan fingerprint density at radius 1 is 1.60 bits per heavy atom. The van der Waals surface area contributed by atoms with Crippen molar-refractivity contribution < 1.29 is 5.11 Å². The van der Waals surface area contributed by atoms with E-state index in [1.165, 1.54) is 0 Å². The second-order valence-corrected chi connectivity index (χ2v) is 4.17. The van der Waals surface area contributed by atoms with Crippen LogP contribution >= 0.6 is 0 Å². The van der Waals surface area contributed by atoms with Crippen LogP contribution in [0.2, 0.25) is 0 Å². The lowest BCUT2D eigenvalue weighted by atomic mass is 10.0. The monoisotopic (exact) mass is 211 g/mol. The van der Waals surface area contributed by atoms with E-state index in [2.05, 4.69) is 21.8 Å². The van der Waals surface area contributed by atoms with Crippen LogP contribution in [-0.4, -0.2) is 33.3 Å². The first-order chi connectivity index (χ1) is 7.11. The molecule has 0 aliphatic rings. The molecule has 1 aromatic heterocycles. The van der Waals surface area contributed by atoms with Crippen molar-refractivity contribution >= 4 is 0 Å². The van der Waals surface area contributed by atoms with Gasteiger partial charge in [-0.1, -0.05) is 6.92 Å². The average molecular weight is 211 g/mol. The molecule has 1 atom stereocenters. The quantitative estimate of drug-likeness (QED) is 0.736. The molecule has 0 aliphatic heterocycles. The number of aryl methyl sites for hydroxylation is 1. The molecule has 1 aromatic rings. The number of aliphatic hydroxyl groups excluding tert-OH is 1. The number of nitrogens with one attached hydrogen (secondary N) is 1. The summed E-state index contributed by atoms with van der Waals surface area (Å²) in [5, 5.41) is 12.6. The Labute approximate surface area is 91.3 Å². The lowest BCUT2D eigenvalue weighted by Gasteiger charge is -2.27. The van der Waals surface area contributed by atoms with E-state index in [0.717, 1.165) is 25.3 Å². The minimum atomic E-state index is -0.158. The molecule has 0 bridgehead atoms. The van der Waals surface area contributed by atoms with Gasteiger partial charge in [-0.25, -0.2) is 4.98 Å². The zero-order valence-electron chi connectivity index (χ0n) is 9.82. The van der Waals surface area contributed by atoms with E-state index in [0.29, 0.717) is 0 Å². The van der Waals surface area contributed by atoms with Crippen LogP contribution in [0.15, 0.2) is 12.4 Å².